The Labute approximate surface area is 95.6 Å². The van der Waals surface area contributed by atoms with E-state index in [0.717, 1.165) is 12.1 Å². The van der Waals surface area contributed by atoms with Crippen LogP contribution in [0.2, 0.25) is 0 Å². The summed E-state index contributed by atoms with van der Waals surface area (Å²) in [7, 11) is 0. The van der Waals surface area contributed by atoms with Gasteiger partial charge < -0.3 is 0 Å². The third-order valence-electron chi connectivity index (χ3n) is 3.63. The van der Waals surface area contributed by atoms with Crippen molar-refractivity contribution in [3.63, 3.8) is 0 Å². The third kappa shape index (κ3) is 3.46. The normalized spacial score (nSPS) is 30.0. The highest BCUT2D eigenvalue weighted by Gasteiger charge is 2.29. The summed E-state index contributed by atoms with van der Waals surface area (Å²) >= 11 is 0. The van der Waals surface area contributed by atoms with Gasteiger partial charge >= 0.3 is 0 Å². The van der Waals surface area contributed by atoms with Crippen molar-refractivity contribution in [2.75, 3.05) is 19.6 Å². The van der Waals surface area contributed by atoms with Crippen molar-refractivity contribution in [1.82, 2.24) is 9.80 Å². The molecule has 1 aliphatic heterocycles. The minimum Gasteiger partial charge on any atom is -0.298 e. The lowest BCUT2D eigenvalue weighted by molar-refractivity contribution is 0.0232. The molecule has 0 aromatic rings. The first kappa shape index (κ1) is 13.0. The van der Waals surface area contributed by atoms with Crippen molar-refractivity contribution >= 4 is 0 Å². The van der Waals surface area contributed by atoms with Crippen LogP contribution < -0.4 is 0 Å². The van der Waals surface area contributed by atoms with Gasteiger partial charge in [0.05, 0.1) is 0 Å². The molecule has 1 fully saturated rings. The number of rotatable bonds is 4. The van der Waals surface area contributed by atoms with Crippen molar-refractivity contribution in [2.24, 2.45) is 0 Å². The van der Waals surface area contributed by atoms with Gasteiger partial charge in [-0.1, -0.05) is 13.3 Å². The molecule has 1 heterocycles. The Bertz CT molecular complexity index is 179. The molecule has 15 heavy (non-hydrogen) atoms. The molecule has 1 aliphatic rings. The van der Waals surface area contributed by atoms with Crippen LogP contribution >= 0.6 is 0 Å². The van der Waals surface area contributed by atoms with Crippen LogP contribution in [0.15, 0.2) is 0 Å². The van der Waals surface area contributed by atoms with Gasteiger partial charge in [0.1, 0.15) is 0 Å². The average molecular weight is 212 g/mol. The predicted octanol–water partition coefficient (Wildman–Crippen LogP) is 2.59. The minimum atomic E-state index is 0.691. The van der Waals surface area contributed by atoms with E-state index in [2.05, 4.69) is 44.4 Å². The van der Waals surface area contributed by atoms with Crippen LogP contribution in [-0.2, 0) is 0 Å². The molecule has 0 aliphatic carbocycles. The molecule has 0 aromatic heterocycles. The lowest BCUT2D eigenvalue weighted by atomic mass is 10.1. The van der Waals surface area contributed by atoms with E-state index in [-0.39, 0.29) is 0 Å². The lowest BCUT2D eigenvalue weighted by Gasteiger charge is -2.46. The smallest absolute Gasteiger partial charge is 0.0198 e. The van der Waals surface area contributed by atoms with E-state index in [9.17, 15) is 0 Å². The Hall–Kier alpha value is -0.0800. The van der Waals surface area contributed by atoms with Crippen molar-refractivity contribution < 1.29 is 0 Å². The van der Waals surface area contributed by atoms with E-state index in [4.69, 9.17) is 0 Å². The van der Waals surface area contributed by atoms with Crippen LogP contribution in [0.1, 0.15) is 47.5 Å². The molecular weight excluding hydrogens is 184 g/mol. The highest BCUT2D eigenvalue weighted by molar-refractivity contribution is 4.85. The number of hydrogen-bond donors (Lipinski definition) is 0. The van der Waals surface area contributed by atoms with Crippen molar-refractivity contribution in [3.8, 4) is 0 Å². The van der Waals surface area contributed by atoms with Crippen molar-refractivity contribution in [2.45, 2.75) is 65.6 Å². The molecule has 0 spiro atoms. The Balaban J connectivity index is 2.47. The van der Waals surface area contributed by atoms with E-state index in [1.807, 2.05) is 0 Å². The van der Waals surface area contributed by atoms with E-state index in [1.54, 1.807) is 0 Å². The summed E-state index contributed by atoms with van der Waals surface area (Å²) in [5.74, 6) is 0. The van der Waals surface area contributed by atoms with Crippen LogP contribution in [0.3, 0.4) is 0 Å². The van der Waals surface area contributed by atoms with Crippen LogP contribution in [0, 0.1) is 0 Å². The maximum atomic E-state index is 2.66. The van der Waals surface area contributed by atoms with Gasteiger partial charge in [0.25, 0.3) is 0 Å². The second-order valence-corrected chi connectivity index (χ2v) is 5.34. The molecule has 2 nitrogen and oxygen atoms in total. The summed E-state index contributed by atoms with van der Waals surface area (Å²) in [6.45, 7) is 15.4. The molecule has 2 atom stereocenters. The Morgan fingerprint density at radius 3 is 2.33 bits per heavy atom. The lowest BCUT2D eigenvalue weighted by Crippen LogP contribution is -2.58. The van der Waals surface area contributed by atoms with Crippen LogP contribution in [-0.4, -0.2) is 47.6 Å². The van der Waals surface area contributed by atoms with Crippen LogP contribution in [0.25, 0.3) is 0 Å². The first-order valence-corrected chi connectivity index (χ1v) is 6.56. The van der Waals surface area contributed by atoms with E-state index < -0.39 is 0 Å². The highest BCUT2D eigenvalue weighted by Crippen LogP contribution is 2.17. The number of piperazine rings is 1. The SMILES string of the molecule is CCCCN1C[C@H](C)N(C(C)C)C[C@H]1C. The Morgan fingerprint density at radius 1 is 1.13 bits per heavy atom. The molecule has 0 radical (unpaired) electrons. The van der Waals surface area contributed by atoms with E-state index in [0.29, 0.717) is 6.04 Å². The van der Waals surface area contributed by atoms with Gasteiger partial charge in [-0.05, 0) is 40.7 Å². The summed E-state index contributed by atoms with van der Waals surface area (Å²) in [6, 6.07) is 2.14. The zero-order valence-corrected chi connectivity index (χ0v) is 11.2. The fraction of sp³-hybridized carbons (Fsp3) is 1.00. The topological polar surface area (TPSA) is 6.48 Å². The van der Waals surface area contributed by atoms with Crippen LogP contribution in [0.5, 0.6) is 0 Å². The number of unbranched alkanes of at least 4 members (excludes halogenated alkanes) is 1. The zero-order valence-electron chi connectivity index (χ0n) is 11.2. The second-order valence-electron chi connectivity index (χ2n) is 5.34. The summed E-state index contributed by atoms with van der Waals surface area (Å²) in [4.78, 5) is 5.29. The maximum absolute atomic E-state index is 2.66. The highest BCUT2D eigenvalue weighted by atomic mass is 15.3. The first-order chi connectivity index (χ1) is 7.06. The Kier molecular flexibility index (Phi) is 5.07. The molecule has 1 saturated heterocycles. The van der Waals surface area contributed by atoms with Gasteiger partial charge in [-0.15, -0.1) is 0 Å². The monoisotopic (exact) mass is 212 g/mol. The number of hydrogen-bond acceptors (Lipinski definition) is 2. The van der Waals surface area contributed by atoms with Crippen molar-refractivity contribution in [3.05, 3.63) is 0 Å². The zero-order chi connectivity index (χ0) is 11.4. The Morgan fingerprint density at radius 2 is 1.80 bits per heavy atom. The predicted molar refractivity (Wildman–Crippen MR) is 67.2 cm³/mol. The molecule has 0 N–H and O–H groups in total. The molecule has 0 unspecified atom stereocenters. The standard InChI is InChI=1S/C13H28N2/c1-6-7-8-14-9-13(5)15(11(2)3)10-12(14)4/h11-13H,6-10H2,1-5H3/t12-,13+/m1/s1. The molecular formula is C13H28N2. The molecule has 90 valence electrons. The second kappa shape index (κ2) is 5.86. The van der Waals surface area contributed by atoms with Gasteiger partial charge in [0.2, 0.25) is 0 Å². The maximum Gasteiger partial charge on any atom is 0.0198 e. The summed E-state index contributed by atoms with van der Waals surface area (Å²) in [5.41, 5.74) is 0. The summed E-state index contributed by atoms with van der Waals surface area (Å²) < 4.78 is 0. The van der Waals surface area contributed by atoms with E-state index in [1.165, 1.54) is 32.5 Å². The fourth-order valence-electron chi connectivity index (χ4n) is 2.62. The molecule has 2 heteroatoms. The molecule has 0 aromatic carbocycles. The number of nitrogens with zero attached hydrogens (tertiary/aromatic N) is 2. The van der Waals surface area contributed by atoms with Gasteiger partial charge in [-0.25, -0.2) is 0 Å². The molecule has 0 bridgehead atoms. The minimum absolute atomic E-state index is 0.691. The van der Waals surface area contributed by atoms with Gasteiger partial charge in [-0.3, -0.25) is 9.80 Å². The fourth-order valence-corrected chi connectivity index (χ4v) is 2.62. The molecule has 0 saturated carbocycles. The quantitative estimate of drug-likeness (QED) is 0.707. The first-order valence-electron chi connectivity index (χ1n) is 6.56. The van der Waals surface area contributed by atoms with Gasteiger partial charge in [0.15, 0.2) is 0 Å². The summed E-state index contributed by atoms with van der Waals surface area (Å²) in [5, 5.41) is 0. The average Bonchev–Trinajstić information content (AvgIpc) is 2.18. The molecule has 0 amide bonds. The summed E-state index contributed by atoms with van der Waals surface area (Å²) in [6.07, 6.45) is 2.66. The van der Waals surface area contributed by atoms with Crippen LogP contribution in [0.4, 0.5) is 0 Å². The largest absolute Gasteiger partial charge is 0.298 e. The van der Waals surface area contributed by atoms with E-state index >= 15 is 0 Å². The third-order valence-corrected chi connectivity index (χ3v) is 3.63. The van der Waals surface area contributed by atoms with Gasteiger partial charge in [-0.2, -0.15) is 0 Å². The van der Waals surface area contributed by atoms with Crippen molar-refractivity contribution in [1.29, 1.82) is 0 Å². The van der Waals surface area contributed by atoms with Gasteiger partial charge in [0, 0.05) is 31.2 Å². The molecule has 1 rings (SSSR count).